The van der Waals surface area contributed by atoms with Crippen LogP contribution in [-0.4, -0.2) is 30.6 Å². The van der Waals surface area contributed by atoms with Gasteiger partial charge in [-0.1, -0.05) is 0 Å². The van der Waals surface area contributed by atoms with E-state index < -0.39 is 6.04 Å². The largest absolute Gasteiger partial charge is 0.383 e. The number of nitrogens with one attached hydrogen (secondary N) is 1. The molecular formula is C11H17N3O2. The predicted molar refractivity (Wildman–Crippen MR) is 62.2 cm³/mol. The molecule has 0 aromatic carbocycles. The van der Waals surface area contributed by atoms with E-state index >= 15 is 0 Å². The number of aryl methyl sites for hydroxylation is 2. The summed E-state index contributed by atoms with van der Waals surface area (Å²) in [6.45, 7) is 4.01. The number of hydrogen-bond donors (Lipinski definition) is 2. The molecule has 0 saturated heterocycles. The van der Waals surface area contributed by atoms with Crippen molar-refractivity contribution in [1.82, 2.24) is 4.98 Å². The third-order valence-electron chi connectivity index (χ3n) is 2.03. The van der Waals surface area contributed by atoms with Crippen molar-refractivity contribution in [2.24, 2.45) is 5.73 Å². The topological polar surface area (TPSA) is 77.2 Å². The van der Waals surface area contributed by atoms with Gasteiger partial charge in [-0.25, -0.2) is 4.98 Å². The monoisotopic (exact) mass is 223 g/mol. The molecule has 0 aliphatic rings. The first-order valence-electron chi connectivity index (χ1n) is 5.03. The molecule has 5 nitrogen and oxygen atoms in total. The Morgan fingerprint density at radius 1 is 1.56 bits per heavy atom. The maximum atomic E-state index is 11.6. The fourth-order valence-electron chi connectivity index (χ4n) is 1.38. The van der Waals surface area contributed by atoms with Crippen molar-refractivity contribution < 1.29 is 9.53 Å². The Kier molecular flexibility index (Phi) is 4.39. The van der Waals surface area contributed by atoms with Gasteiger partial charge in [-0.05, 0) is 31.5 Å². The fraction of sp³-hybridized carbons (Fsp3) is 0.455. The third-order valence-corrected chi connectivity index (χ3v) is 2.03. The van der Waals surface area contributed by atoms with Gasteiger partial charge in [0.15, 0.2) is 0 Å². The minimum absolute atomic E-state index is 0.191. The fourth-order valence-corrected chi connectivity index (χ4v) is 1.38. The molecule has 0 spiro atoms. The van der Waals surface area contributed by atoms with Crippen molar-refractivity contribution >= 4 is 11.7 Å². The van der Waals surface area contributed by atoms with Crippen molar-refractivity contribution in [3.05, 3.63) is 23.4 Å². The van der Waals surface area contributed by atoms with Crippen molar-refractivity contribution in [3.8, 4) is 0 Å². The van der Waals surface area contributed by atoms with Crippen LogP contribution in [0.1, 0.15) is 11.3 Å². The molecule has 1 amide bonds. The molecule has 1 heterocycles. The minimum atomic E-state index is -0.674. The van der Waals surface area contributed by atoms with Crippen LogP contribution in [0.5, 0.6) is 0 Å². The third kappa shape index (κ3) is 3.60. The number of carbonyl (C=O) groups excluding carboxylic acids is 1. The molecule has 16 heavy (non-hydrogen) atoms. The molecule has 0 aliphatic heterocycles. The smallest absolute Gasteiger partial charge is 0.244 e. The van der Waals surface area contributed by atoms with Gasteiger partial charge in [0.1, 0.15) is 11.9 Å². The summed E-state index contributed by atoms with van der Waals surface area (Å²) < 4.78 is 4.80. The minimum Gasteiger partial charge on any atom is -0.383 e. The standard InChI is InChI=1S/C11H17N3O2/c1-7-4-8(2)13-10(5-7)14-11(15)9(12)6-16-3/h4-5,9H,6,12H2,1-3H3,(H,13,14,15). The van der Waals surface area contributed by atoms with Crippen LogP contribution in [-0.2, 0) is 9.53 Å². The summed E-state index contributed by atoms with van der Waals surface area (Å²) in [6.07, 6.45) is 0. The molecule has 1 atom stereocenters. The van der Waals surface area contributed by atoms with Crippen LogP contribution in [0.3, 0.4) is 0 Å². The van der Waals surface area contributed by atoms with Crippen molar-refractivity contribution in [3.63, 3.8) is 0 Å². The number of amides is 1. The van der Waals surface area contributed by atoms with Gasteiger partial charge in [0, 0.05) is 12.8 Å². The molecule has 1 aromatic rings. The Morgan fingerprint density at radius 2 is 2.25 bits per heavy atom. The predicted octanol–water partition coefficient (Wildman–Crippen LogP) is 0.611. The van der Waals surface area contributed by atoms with E-state index in [0.29, 0.717) is 5.82 Å². The Balaban J connectivity index is 2.69. The summed E-state index contributed by atoms with van der Waals surface area (Å²) in [7, 11) is 1.50. The van der Waals surface area contributed by atoms with Gasteiger partial charge < -0.3 is 15.8 Å². The lowest BCUT2D eigenvalue weighted by Crippen LogP contribution is -2.39. The average Bonchev–Trinajstić information content (AvgIpc) is 2.16. The Morgan fingerprint density at radius 3 is 2.81 bits per heavy atom. The highest BCUT2D eigenvalue weighted by Crippen LogP contribution is 2.09. The quantitative estimate of drug-likeness (QED) is 0.784. The van der Waals surface area contributed by atoms with Crippen LogP contribution >= 0.6 is 0 Å². The van der Waals surface area contributed by atoms with Gasteiger partial charge in [0.25, 0.3) is 0 Å². The molecule has 0 saturated carbocycles. The Hall–Kier alpha value is -1.46. The van der Waals surface area contributed by atoms with E-state index in [1.807, 2.05) is 19.9 Å². The lowest BCUT2D eigenvalue weighted by Gasteiger charge is -2.11. The van der Waals surface area contributed by atoms with Crippen molar-refractivity contribution in [2.75, 3.05) is 19.0 Å². The summed E-state index contributed by atoms with van der Waals surface area (Å²) >= 11 is 0. The zero-order valence-corrected chi connectivity index (χ0v) is 9.78. The van der Waals surface area contributed by atoms with E-state index in [4.69, 9.17) is 10.5 Å². The van der Waals surface area contributed by atoms with Gasteiger partial charge in [0.05, 0.1) is 6.61 Å². The van der Waals surface area contributed by atoms with Crippen LogP contribution < -0.4 is 11.1 Å². The number of anilines is 1. The van der Waals surface area contributed by atoms with E-state index in [1.54, 1.807) is 6.07 Å². The number of rotatable bonds is 4. The number of carbonyl (C=O) groups is 1. The second-order valence-electron chi connectivity index (χ2n) is 3.72. The van der Waals surface area contributed by atoms with Gasteiger partial charge in [0.2, 0.25) is 5.91 Å². The van der Waals surface area contributed by atoms with E-state index in [9.17, 15) is 4.79 Å². The normalized spacial score (nSPS) is 12.2. The number of hydrogen-bond acceptors (Lipinski definition) is 4. The lowest BCUT2D eigenvalue weighted by molar-refractivity contribution is -0.118. The average molecular weight is 223 g/mol. The first-order valence-corrected chi connectivity index (χ1v) is 5.03. The summed E-state index contributed by atoms with van der Waals surface area (Å²) in [5.74, 6) is 0.230. The van der Waals surface area contributed by atoms with Gasteiger partial charge >= 0.3 is 0 Å². The highest BCUT2D eigenvalue weighted by atomic mass is 16.5. The maximum absolute atomic E-state index is 11.6. The molecule has 0 bridgehead atoms. The first-order chi connectivity index (χ1) is 7.52. The van der Waals surface area contributed by atoms with E-state index in [0.717, 1.165) is 11.3 Å². The van der Waals surface area contributed by atoms with E-state index in [2.05, 4.69) is 10.3 Å². The molecular weight excluding hydrogens is 206 g/mol. The summed E-state index contributed by atoms with van der Waals surface area (Å²) in [5.41, 5.74) is 7.49. The number of pyridine rings is 1. The highest BCUT2D eigenvalue weighted by Gasteiger charge is 2.13. The van der Waals surface area contributed by atoms with Crippen molar-refractivity contribution in [1.29, 1.82) is 0 Å². The highest BCUT2D eigenvalue weighted by molar-refractivity contribution is 5.94. The van der Waals surface area contributed by atoms with Crippen molar-refractivity contribution in [2.45, 2.75) is 19.9 Å². The number of aromatic nitrogens is 1. The van der Waals surface area contributed by atoms with Crippen LogP contribution in [0.15, 0.2) is 12.1 Å². The lowest BCUT2D eigenvalue weighted by atomic mass is 10.2. The molecule has 1 rings (SSSR count). The molecule has 3 N–H and O–H groups in total. The van der Waals surface area contributed by atoms with E-state index in [-0.39, 0.29) is 12.5 Å². The molecule has 1 aromatic heterocycles. The summed E-state index contributed by atoms with van der Waals surface area (Å²) in [6, 6.07) is 3.06. The number of nitrogens with zero attached hydrogens (tertiary/aromatic N) is 1. The van der Waals surface area contributed by atoms with Gasteiger partial charge in [-0.3, -0.25) is 4.79 Å². The first kappa shape index (κ1) is 12.6. The zero-order valence-electron chi connectivity index (χ0n) is 9.78. The number of methoxy groups -OCH3 is 1. The maximum Gasteiger partial charge on any atom is 0.244 e. The second kappa shape index (κ2) is 5.58. The molecule has 88 valence electrons. The SMILES string of the molecule is COCC(N)C(=O)Nc1cc(C)cc(C)n1. The summed E-state index contributed by atoms with van der Waals surface area (Å²) in [5, 5.41) is 2.65. The second-order valence-corrected chi connectivity index (χ2v) is 3.72. The Labute approximate surface area is 95.0 Å². The molecule has 5 heteroatoms. The van der Waals surface area contributed by atoms with Crippen LogP contribution in [0.2, 0.25) is 0 Å². The molecule has 1 unspecified atom stereocenters. The molecule has 0 fully saturated rings. The number of ether oxygens (including phenoxy) is 1. The molecule has 0 radical (unpaired) electrons. The van der Waals surface area contributed by atoms with E-state index in [1.165, 1.54) is 7.11 Å². The van der Waals surface area contributed by atoms with Crippen LogP contribution in [0, 0.1) is 13.8 Å². The molecule has 0 aliphatic carbocycles. The number of nitrogens with two attached hydrogens (primary N) is 1. The zero-order chi connectivity index (χ0) is 12.1. The summed E-state index contributed by atoms with van der Waals surface area (Å²) in [4.78, 5) is 15.8. The van der Waals surface area contributed by atoms with Gasteiger partial charge in [-0.15, -0.1) is 0 Å². The van der Waals surface area contributed by atoms with Crippen LogP contribution in [0.4, 0.5) is 5.82 Å². The van der Waals surface area contributed by atoms with Crippen LogP contribution in [0.25, 0.3) is 0 Å². The van der Waals surface area contributed by atoms with Gasteiger partial charge in [-0.2, -0.15) is 0 Å². The Bertz CT molecular complexity index is 359.